The van der Waals surface area contributed by atoms with Gasteiger partial charge in [-0.2, -0.15) is 0 Å². The van der Waals surface area contributed by atoms with Crippen LogP contribution in [-0.4, -0.2) is 52.1 Å². The number of anilines is 1. The topological polar surface area (TPSA) is 100 Å². The molecule has 8 nitrogen and oxygen atoms in total. The number of hydrogen-bond acceptors (Lipinski definition) is 6. The lowest BCUT2D eigenvalue weighted by molar-refractivity contribution is 0.211. The Morgan fingerprint density at radius 1 is 1.03 bits per heavy atom. The average Bonchev–Trinajstić information content (AvgIpc) is 3.25. The highest BCUT2D eigenvalue weighted by Crippen LogP contribution is 2.32. The van der Waals surface area contributed by atoms with Gasteiger partial charge in [-0.15, -0.1) is 0 Å². The number of pyridine rings is 1. The maximum atomic E-state index is 11.2. The van der Waals surface area contributed by atoms with Gasteiger partial charge in [-0.05, 0) is 23.8 Å². The number of para-hydroxylation sites is 1. The fraction of sp³-hybridized carbons (Fsp3) is 0.208. The van der Waals surface area contributed by atoms with Gasteiger partial charge >= 0.3 is 6.09 Å². The van der Waals surface area contributed by atoms with Crippen molar-refractivity contribution in [2.75, 3.05) is 31.1 Å². The summed E-state index contributed by atoms with van der Waals surface area (Å²) in [5.74, 6) is 1.01. The number of aromatic nitrogens is 3. The summed E-state index contributed by atoms with van der Waals surface area (Å²) < 4.78 is 5.11. The maximum Gasteiger partial charge on any atom is 0.410 e. The second kappa shape index (κ2) is 8.68. The highest BCUT2D eigenvalue weighted by molar-refractivity contribution is 5.88. The van der Waals surface area contributed by atoms with E-state index in [9.17, 15) is 4.79 Å². The molecule has 0 aliphatic carbocycles. The summed E-state index contributed by atoms with van der Waals surface area (Å²) in [6.45, 7) is 4.76. The van der Waals surface area contributed by atoms with Crippen LogP contribution in [0.1, 0.15) is 5.56 Å². The van der Waals surface area contributed by atoms with E-state index in [1.807, 2.05) is 24.4 Å². The third kappa shape index (κ3) is 4.13. The van der Waals surface area contributed by atoms with Gasteiger partial charge in [0.2, 0.25) is 0 Å². The number of nitrogens with zero attached hydrogens (tertiary/aromatic N) is 4. The van der Waals surface area contributed by atoms with Crippen LogP contribution in [0, 0.1) is 0 Å². The van der Waals surface area contributed by atoms with E-state index in [4.69, 9.17) is 15.5 Å². The highest BCUT2D eigenvalue weighted by atomic mass is 16.5. The van der Waals surface area contributed by atoms with Gasteiger partial charge in [-0.1, -0.05) is 36.4 Å². The number of benzene rings is 2. The van der Waals surface area contributed by atoms with Gasteiger partial charge in [-0.3, -0.25) is 9.88 Å². The van der Waals surface area contributed by atoms with Gasteiger partial charge in [0.05, 0.1) is 16.8 Å². The number of piperazine rings is 1. The van der Waals surface area contributed by atoms with Crippen LogP contribution >= 0.6 is 0 Å². The van der Waals surface area contributed by atoms with Crippen LogP contribution < -0.4 is 15.4 Å². The van der Waals surface area contributed by atoms with E-state index in [1.165, 1.54) is 5.56 Å². The Balaban J connectivity index is 1.38. The molecule has 162 valence electrons. The van der Waals surface area contributed by atoms with Crippen molar-refractivity contribution in [3.8, 4) is 17.1 Å². The first-order valence-corrected chi connectivity index (χ1v) is 10.6. The summed E-state index contributed by atoms with van der Waals surface area (Å²) in [4.78, 5) is 28.4. The zero-order valence-electron chi connectivity index (χ0n) is 17.6. The van der Waals surface area contributed by atoms with Crippen molar-refractivity contribution in [2.24, 2.45) is 5.73 Å². The van der Waals surface area contributed by atoms with Crippen LogP contribution in [0.25, 0.3) is 22.4 Å². The second-order valence-corrected chi connectivity index (χ2v) is 7.80. The quantitative estimate of drug-likeness (QED) is 0.505. The Labute approximate surface area is 185 Å². The summed E-state index contributed by atoms with van der Waals surface area (Å²) in [5.41, 5.74) is 9.84. The summed E-state index contributed by atoms with van der Waals surface area (Å²) in [7, 11) is 0. The Bertz CT molecular complexity index is 1230. The molecule has 1 saturated heterocycles. The van der Waals surface area contributed by atoms with Crippen LogP contribution in [0.2, 0.25) is 0 Å². The number of nitrogens with two attached hydrogens (primary N) is 1. The fourth-order valence-electron chi connectivity index (χ4n) is 4.16. The van der Waals surface area contributed by atoms with Gasteiger partial charge in [0.25, 0.3) is 0 Å². The third-order valence-electron chi connectivity index (χ3n) is 5.70. The number of fused-ring (bicyclic) bond motifs is 1. The van der Waals surface area contributed by atoms with E-state index in [2.05, 4.69) is 44.0 Å². The average molecular weight is 428 g/mol. The van der Waals surface area contributed by atoms with Crippen molar-refractivity contribution >= 4 is 22.8 Å². The molecular weight excluding hydrogens is 404 g/mol. The van der Waals surface area contributed by atoms with E-state index < -0.39 is 6.09 Å². The number of imidazole rings is 1. The van der Waals surface area contributed by atoms with Crippen molar-refractivity contribution in [1.29, 1.82) is 0 Å². The number of H-pyrrole nitrogens is 1. The lowest BCUT2D eigenvalue weighted by Crippen LogP contribution is -2.46. The molecule has 1 aliphatic rings. The number of aromatic amines is 1. The molecule has 3 N–H and O–H groups in total. The van der Waals surface area contributed by atoms with Gasteiger partial charge < -0.3 is 20.4 Å². The van der Waals surface area contributed by atoms with Crippen LogP contribution in [0.3, 0.4) is 0 Å². The minimum atomic E-state index is -0.863. The molecule has 1 fully saturated rings. The van der Waals surface area contributed by atoms with Crippen LogP contribution in [0.15, 0.2) is 67.0 Å². The van der Waals surface area contributed by atoms with E-state index in [0.29, 0.717) is 17.1 Å². The van der Waals surface area contributed by atoms with Crippen molar-refractivity contribution in [3.05, 3.63) is 72.6 Å². The number of rotatable bonds is 5. The number of ether oxygens (including phenoxy) is 1. The number of amides is 1. The van der Waals surface area contributed by atoms with Crippen molar-refractivity contribution < 1.29 is 9.53 Å². The molecular formula is C24H24N6O2. The molecule has 1 aliphatic heterocycles. The van der Waals surface area contributed by atoms with E-state index >= 15 is 0 Å². The summed E-state index contributed by atoms with van der Waals surface area (Å²) in [6, 6.07) is 17.9. The second-order valence-electron chi connectivity index (χ2n) is 7.80. The molecule has 0 atom stereocenters. The molecule has 2 aromatic heterocycles. The Morgan fingerprint density at radius 2 is 1.84 bits per heavy atom. The van der Waals surface area contributed by atoms with E-state index in [-0.39, 0.29) is 0 Å². The third-order valence-corrected chi connectivity index (χ3v) is 5.70. The molecule has 4 aromatic rings. The lowest BCUT2D eigenvalue weighted by Gasteiger charge is -2.36. The molecule has 0 radical (unpaired) electrons. The molecule has 0 bridgehead atoms. The molecule has 0 unspecified atom stereocenters. The SMILES string of the molecule is NC(=O)Oc1cccc2[nH]c(-c3cnccc3N3CCN(Cc4ccccc4)CC3)nc12. The molecule has 1 amide bonds. The minimum Gasteiger partial charge on any atom is -0.408 e. The summed E-state index contributed by atoms with van der Waals surface area (Å²) >= 11 is 0. The number of carbonyl (C=O) groups is 1. The zero-order chi connectivity index (χ0) is 21.9. The van der Waals surface area contributed by atoms with Crippen molar-refractivity contribution in [1.82, 2.24) is 19.9 Å². The number of hydrogen-bond donors (Lipinski definition) is 2. The molecule has 8 heteroatoms. The Hall–Kier alpha value is -3.91. The maximum absolute atomic E-state index is 11.2. The highest BCUT2D eigenvalue weighted by Gasteiger charge is 2.21. The number of nitrogens with one attached hydrogen (secondary N) is 1. The van der Waals surface area contributed by atoms with E-state index in [0.717, 1.165) is 49.5 Å². The molecule has 0 saturated carbocycles. The normalized spacial score (nSPS) is 14.6. The van der Waals surface area contributed by atoms with Gasteiger partial charge in [0.15, 0.2) is 5.75 Å². The van der Waals surface area contributed by atoms with Crippen molar-refractivity contribution in [3.63, 3.8) is 0 Å². The van der Waals surface area contributed by atoms with Gasteiger partial charge in [0.1, 0.15) is 11.3 Å². The molecule has 2 aromatic carbocycles. The van der Waals surface area contributed by atoms with Crippen LogP contribution in [0.5, 0.6) is 5.75 Å². The van der Waals surface area contributed by atoms with Gasteiger partial charge in [0, 0.05) is 45.1 Å². The standard InChI is InChI=1S/C24H24N6O2/c25-24(31)32-21-8-4-7-19-22(21)28-23(27-19)18-15-26-10-9-20(18)30-13-11-29(12-14-30)16-17-5-2-1-3-6-17/h1-10,15H,11-14,16H2,(H2,25,31)(H,27,28). The molecule has 5 rings (SSSR count). The monoisotopic (exact) mass is 428 g/mol. The molecule has 32 heavy (non-hydrogen) atoms. The minimum absolute atomic E-state index is 0.331. The largest absolute Gasteiger partial charge is 0.410 e. The predicted octanol–water partition coefficient (Wildman–Crippen LogP) is 3.40. The first kappa shape index (κ1) is 20.0. The molecule has 0 spiro atoms. The van der Waals surface area contributed by atoms with Gasteiger partial charge in [-0.25, -0.2) is 9.78 Å². The van der Waals surface area contributed by atoms with E-state index in [1.54, 1.807) is 18.3 Å². The molecule has 3 heterocycles. The van der Waals surface area contributed by atoms with Crippen molar-refractivity contribution in [2.45, 2.75) is 6.54 Å². The summed E-state index contributed by atoms with van der Waals surface area (Å²) in [5, 5.41) is 0. The first-order valence-electron chi connectivity index (χ1n) is 10.6. The Morgan fingerprint density at radius 3 is 2.62 bits per heavy atom. The number of carbonyl (C=O) groups excluding carboxylic acids is 1. The van der Waals surface area contributed by atoms with Crippen LogP contribution in [0.4, 0.5) is 10.5 Å². The Kier molecular flexibility index (Phi) is 5.43. The number of primary amides is 1. The fourth-order valence-corrected chi connectivity index (χ4v) is 4.16. The predicted molar refractivity (Wildman–Crippen MR) is 123 cm³/mol. The first-order chi connectivity index (χ1) is 15.7. The smallest absolute Gasteiger partial charge is 0.408 e. The zero-order valence-corrected chi connectivity index (χ0v) is 17.6. The lowest BCUT2D eigenvalue weighted by atomic mass is 10.1. The summed E-state index contributed by atoms with van der Waals surface area (Å²) in [6.07, 6.45) is 2.76. The van der Waals surface area contributed by atoms with Crippen LogP contribution in [-0.2, 0) is 6.54 Å².